The summed E-state index contributed by atoms with van der Waals surface area (Å²) in [5, 5.41) is 8.90. The Balaban J connectivity index is 2.06. The Morgan fingerprint density at radius 1 is 1.03 bits per heavy atom. The van der Waals surface area contributed by atoms with Crippen LogP contribution >= 0.6 is 0 Å². The summed E-state index contributed by atoms with van der Waals surface area (Å²) in [6.07, 6.45) is 0. The van der Waals surface area contributed by atoms with Crippen molar-refractivity contribution in [2.75, 3.05) is 32.1 Å². The lowest BCUT2D eigenvalue weighted by Crippen LogP contribution is -2.33. The minimum absolute atomic E-state index is 0.195. The zero-order valence-electron chi connectivity index (χ0n) is 18.0. The van der Waals surface area contributed by atoms with Gasteiger partial charge in [0.2, 0.25) is 5.91 Å². The predicted octanol–water partition coefficient (Wildman–Crippen LogP) is 1.89. The molecule has 31 heavy (non-hydrogen) atoms. The number of ether oxygens (including phenoxy) is 2. The standard InChI is InChI=1S/C22H29N5O4/c1-4-24-22(27-17-10-11-18(30-3)19(12-17)31-5-2)26-13-15-6-8-16(9-7-15)21(29)25-14-20(23)28/h6-12H,4-5,13-14H2,1-3H3,(H2,23,28)(H,25,29)(H2,24,26,27). The van der Waals surface area contributed by atoms with Crippen molar-refractivity contribution >= 4 is 23.5 Å². The summed E-state index contributed by atoms with van der Waals surface area (Å²) < 4.78 is 10.9. The molecule has 0 spiro atoms. The summed E-state index contributed by atoms with van der Waals surface area (Å²) >= 11 is 0. The Morgan fingerprint density at radius 2 is 1.77 bits per heavy atom. The minimum atomic E-state index is -0.590. The van der Waals surface area contributed by atoms with Crippen LogP contribution in [0.5, 0.6) is 11.5 Å². The van der Waals surface area contributed by atoms with E-state index >= 15 is 0 Å². The van der Waals surface area contributed by atoms with E-state index in [-0.39, 0.29) is 12.5 Å². The summed E-state index contributed by atoms with van der Waals surface area (Å²) in [5.74, 6) is 0.977. The lowest BCUT2D eigenvalue weighted by molar-refractivity contribution is -0.117. The molecular weight excluding hydrogens is 398 g/mol. The van der Waals surface area contributed by atoms with E-state index in [0.29, 0.717) is 42.7 Å². The van der Waals surface area contributed by atoms with Gasteiger partial charge in [-0.05, 0) is 43.7 Å². The molecule has 0 aliphatic carbocycles. The van der Waals surface area contributed by atoms with E-state index in [1.54, 1.807) is 19.2 Å². The number of carbonyl (C=O) groups is 2. The van der Waals surface area contributed by atoms with Gasteiger partial charge in [0.25, 0.3) is 5.91 Å². The van der Waals surface area contributed by atoms with Crippen LogP contribution in [0.15, 0.2) is 47.5 Å². The van der Waals surface area contributed by atoms with E-state index in [4.69, 9.17) is 15.2 Å². The highest BCUT2D eigenvalue weighted by Gasteiger charge is 2.08. The molecule has 2 amide bonds. The van der Waals surface area contributed by atoms with E-state index in [2.05, 4.69) is 20.9 Å². The van der Waals surface area contributed by atoms with Gasteiger partial charge in [-0.3, -0.25) is 9.59 Å². The van der Waals surface area contributed by atoms with E-state index in [1.807, 2.05) is 44.2 Å². The van der Waals surface area contributed by atoms with E-state index in [1.165, 1.54) is 0 Å². The van der Waals surface area contributed by atoms with E-state index in [0.717, 1.165) is 11.3 Å². The molecule has 0 aliphatic rings. The first-order valence-corrected chi connectivity index (χ1v) is 9.98. The molecule has 166 valence electrons. The molecule has 0 saturated carbocycles. The third-order valence-corrected chi connectivity index (χ3v) is 4.13. The largest absolute Gasteiger partial charge is 0.493 e. The highest BCUT2D eigenvalue weighted by atomic mass is 16.5. The van der Waals surface area contributed by atoms with Crippen molar-refractivity contribution in [1.29, 1.82) is 0 Å². The maximum absolute atomic E-state index is 11.9. The second-order valence-corrected chi connectivity index (χ2v) is 6.46. The molecule has 0 radical (unpaired) electrons. The number of aliphatic imine (C=N–C) groups is 1. The van der Waals surface area contributed by atoms with Gasteiger partial charge in [-0.25, -0.2) is 4.99 Å². The van der Waals surface area contributed by atoms with Crippen LogP contribution in [0.4, 0.5) is 5.69 Å². The Bertz CT molecular complexity index is 913. The first-order chi connectivity index (χ1) is 15.0. The summed E-state index contributed by atoms with van der Waals surface area (Å²) in [4.78, 5) is 27.3. The number of benzene rings is 2. The quantitative estimate of drug-likeness (QED) is 0.339. The van der Waals surface area contributed by atoms with Crippen molar-refractivity contribution in [3.05, 3.63) is 53.6 Å². The molecule has 0 saturated heterocycles. The molecule has 0 heterocycles. The number of amides is 2. The summed E-state index contributed by atoms with van der Waals surface area (Å²) in [6, 6.07) is 12.6. The van der Waals surface area contributed by atoms with Crippen LogP contribution in [-0.2, 0) is 11.3 Å². The number of hydrogen-bond donors (Lipinski definition) is 4. The normalized spacial score (nSPS) is 10.9. The summed E-state index contributed by atoms with van der Waals surface area (Å²) in [5.41, 5.74) is 7.21. The number of anilines is 1. The van der Waals surface area contributed by atoms with Crippen molar-refractivity contribution in [3.63, 3.8) is 0 Å². The van der Waals surface area contributed by atoms with Crippen molar-refractivity contribution in [1.82, 2.24) is 10.6 Å². The zero-order valence-corrected chi connectivity index (χ0v) is 18.0. The van der Waals surface area contributed by atoms with Crippen LogP contribution in [0.1, 0.15) is 29.8 Å². The van der Waals surface area contributed by atoms with Crippen molar-refractivity contribution in [2.45, 2.75) is 20.4 Å². The first-order valence-electron chi connectivity index (χ1n) is 9.98. The lowest BCUT2D eigenvalue weighted by atomic mass is 10.1. The molecule has 0 bridgehead atoms. The van der Waals surface area contributed by atoms with Gasteiger partial charge >= 0.3 is 0 Å². The number of primary amides is 1. The van der Waals surface area contributed by atoms with Crippen LogP contribution < -0.4 is 31.2 Å². The van der Waals surface area contributed by atoms with Gasteiger partial charge in [-0.15, -0.1) is 0 Å². The van der Waals surface area contributed by atoms with E-state index < -0.39 is 5.91 Å². The van der Waals surface area contributed by atoms with Gasteiger partial charge in [0.1, 0.15) is 0 Å². The predicted molar refractivity (Wildman–Crippen MR) is 121 cm³/mol. The van der Waals surface area contributed by atoms with Gasteiger partial charge in [0.15, 0.2) is 17.5 Å². The molecule has 0 fully saturated rings. The number of nitrogens with two attached hydrogens (primary N) is 1. The molecule has 9 heteroatoms. The molecule has 2 aromatic carbocycles. The average molecular weight is 428 g/mol. The first kappa shape index (κ1) is 23.5. The number of nitrogens with one attached hydrogen (secondary N) is 3. The Morgan fingerprint density at radius 3 is 2.39 bits per heavy atom. The number of rotatable bonds is 10. The molecule has 5 N–H and O–H groups in total. The maximum Gasteiger partial charge on any atom is 0.251 e. The fourth-order valence-electron chi connectivity index (χ4n) is 2.67. The molecule has 9 nitrogen and oxygen atoms in total. The van der Waals surface area contributed by atoms with Crippen molar-refractivity contribution in [3.8, 4) is 11.5 Å². The van der Waals surface area contributed by atoms with Gasteiger partial charge < -0.3 is 31.2 Å². The molecule has 0 unspecified atom stereocenters. The summed E-state index contributed by atoms with van der Waals surface area (Å²) in [6.45, 7) is 5.34. The monoisotopic (exact) mass is 427 g/mol. The second kappa shape index (κ2) is 12.1. The highest BCUT2D eigenvalue weighted by molar-refractivity contribution is 5.96. The molecule has 0 atom stereocenters. The Hall–Kier alpha value is -3.75. The fourth-order valence-corrected chi connectivity index (χ4v) is 2.67. The smallest absolute Gasteiger partial charge is 0.251 e. The van der Waals surface area contributed by atoms with Crippen molar-refractivity contribution < 1.29 is 19.1 Å². The molecule has 0 aromatic heterocycles. The van der Waals surface area contributed by atoms with Gasteiger partial charge in [-0.2, -0.15) is 0 Å². The topological polar surface area (TPSA) is 127 Å². The van der Waals surface area contributed by atoms with Crippen molar-refractivity contribution in [2.24, 2.45) is 10.7 Å². The van der Waals surface area contributed by atoms with E-state index in [9.17, 15) is 9.59 Å². The number of guanidine groups is 1. The van der Waals surface area contributed by atoms with Crippen LogP contribution in [0, 0.1) is 0 Å². The highest BCUT2D eigenvalue weighted by Crippen LogP contribution is 2.30. The third kappa shape index (κ3) is 7.54. The van der Waals surface area contributed by atoms with Gasteiger partial charge in [-0.1, -0.05) is 12.1 Å². The SMILES string of the molecule is CCNC(=NCc1ccc(C(=O)NCC(N)=O)cc1)Nc1ccc(OC)c(OCC)c1. The third-order valence-electron chi connectivity index (χ3n) is 4.13. The molecule has 2 aromatic rings. The number of carbonyl (C=O) groups excluding carboxylic acids is 2. The fraction of sp³-hybridized carbons (Fsp3) is 0.318. The molecule has 0 aliphatic heterocycles. The molecule has 2 rings (SSSR count). The number of methoxy groups -OCH3 is 1. The van der Waals surface area contributed by atoms with Gasteiger partial charge in [0.05, 0.1) is 26.8 Å². The average Bonchev–Trinajstić information content (AvgIpc) is 2.77. The van der Waals surface area contributed by atoms with Crippen LogP contribution in [0.3, 0.4) is 0 Å². The zero-order chi connectivity index (χ0) is 22.6. The van der Waals surface area contributed by atoms with Gasteiger partial charge in [0, 0.05) is 23.9 Å². The maximum atomic E-state index is 11.9. The van der Waals surface area contributed by atoms with Crippen LogP contribution in [0.25, 0.3) is 0 Å². The number of nitrogens with zero attached hydrogens (tertiary/aromatic N) is 1. The minimum Gasteiger partial charge on any atom is -0.493 e. The number of hydrogen-bond acceptors (Lipinski definition) is 5. The Labute approximate surface area is 182 Å². The van der Waals surface area contributed by atoms with Crippen LogP contribution in [-0.4, -0.2) is 44.6 Å². The summed E-state index contributed by atoms with van der Waals surface area (Å²) in [7, 11) is 1.60. The molecular formula is C22H29N5O4. The second-order valence-electron chi connectivity index (χ2n) is 6.46. The van der Waals surface area contributed by atoms with Crippen LogP contribution in [0.2, 0.25) is 0 Å². The lowest BCUT2D eigenvalue weighted by Gasteiger charge is -2.14. The Kier molecular flexibility index (Phi) is 9.15.